The molecule has 108 valence electrons. The van der Waals surface area contributed by atoms with Crippen LogP contribution in [0.1, 0.15) is 23.2 Å². The van der Waals surface area contributed by atoms with Crippen molar-refractivity contribution in [2.24, 2.45) is 10.9 Å². The molecule has 3 N–H and O–H groups in total. The van der Waals surface area contributed by atoms with Gasteiger partial charge in [-0.2, -0.15) is 0 Å². The van der Waals surface area contributed by atoms with Gasteiger partial charge in [-0.25, -0.2) is 4.98 Å². The average Bonchev–Trinajstić information content (AvgIpc) is 2.93. The average molecular weight is 348 g/mol. The fourth-order valence-electron chi connectivity index (χ4n) is 2.41. The summed E-state index contributed by atoms with van der Waals surface area (Å²) in [4.78, 5) is 4.54. The monoisotopic (exact) mass is 347 g/mol. The van der Waals surface area contributed by atoms with Crippen molar-refractivity contribution in [1.82, 2.24) is 4.98 Å². The lowest BCUT2D eigenvalue weighted by Crippen LogP contribution is -2.16. The SMILES string of the molecule is NC(=NO)c1cc2c(nc1Oc1cccc(Br)c1)CCC2. The van der Waals surface area contributed by atoms with E-state index in [9.17, 15) is 0 Å². The molecule has 0 saturated heterocycles. The molecule has 0 fully saturated rings. The first-order valence-electron chi connectivity index (χ1n) is 6.61. The third-order valence-corrected chi connectivity index (χ3v) is 3.90. The summed E-state index contributed by atoms with van der Waals surface area (Å²) in [5, 5.41) is 12.0. The zero-order chi connectivity index (χ0) is 14.8. The maximum atomic E-state index is 8.94. The topological polar surface area (TPSA) is 80.7 Å². The third-order valence-electron chi connectivity index (χ3n) is 3.41. The van der Waals surface area contributed by atoms with Gasteiger partial charge in [-0.1, -0.05) is 27.2 Å². The van der Waals surface area contributed by atoms with Gasteiger partial charge >= 0.3 is 0 Å². The van der Waals surface area contributed by atoms with Gasteiger partial charge in [-0.05, 0) is 49.1 Å². The van der Waals surface area contributed by atoms with E-state index < -0.39 is 0 Å². The molecule has 3 rings (SSSR count). The van der Waals surface area contributed by atoms with Gasteiger partial charge in [0.25, 0.3) is 0 Å². The summed E-state index contributed by atoms with van der Waals surface area (Å²) >= 11 is 3.40. The number of aryl methyl sites for hydroxylation is 2. The molecule has 0 saturated carbocycles. The predicted octanol–water partition coefficient (Wildman–Crippen LogP) is 3.22. The van der Waals surface area contributed by atoms with E-state index >= 15 is 0 Å². The number of halogens is 1. The van der Waals surface area contributed by atoms with Crippen molar-refractivity contribution in [1.29, 1.82) is 0 Å². The lowest BCUT2D eigenvalue weighted by molar-refractivity contribution is 0.318. The van der Waals surface area contributed by atoms with Crippen LogP contribution in [0.2, 0.25) is 0 Å². The third kappa shape index (κ3) is 2.85. The van der Waals surface area contributed by atoms with E-state index in [0.29, 0.717) is 17.2 Å². The number of aromatic nitrogens is 1. The highest BCUT2D eigenvalue weighted by molar-refractivity contribution is 9.10. The highest BCUT2D eigenvalue weighted by Crippen LogP contribution is 2.30. The molecule has 0 atom stereocenters. The Morgan fingerprint density at radius 2 is 2.19 bits per heavy atom. The smallest absolute Gasteiger partial charge is 0.230 e. The number of hydrogen-bond acceptors (Lipinski definition) is 4. The molecule has 0 bridgehead atoms. The Morgan fingerprint density at radius 3 is 2.95 bits per heavy atom. The number of ether oxygens (including phenoxy) is 1. The second kappa shape index (κ2) is 5.73. The van der Waals surface area contributed by atoms with E-state index in [0.717, 1.165) is 35.0 Å². The molecule has 0 unspecified atom stereocenters. The maximum absolute atomic E-state index is 8.94. The number of oxime groups is 1. The number of rotatable bonds is 3. The molecule has 0 aliphatic heterocycles. The lowest BCUT2D eigenvalue weighted by atomic mass is 10.1. The summed E-state index contributed by atoms with van der Waals surface area (Å²) < 4.78 is 6.73. The molecule has 1 aliphatic carbocycles. The van der Waals surface area contributed by atoms with Gasteiger partial charge in [-0.15, -0.1) is 0 Å². The molecule has 0 amide bonds. The number of pyridine rings is 1. The minimum atomic E-state index is 0.00203. The molecule has 1 aliphatic rings. The summed E-state index contributed by atoms with van der Waals surface area (Å²) in [6.45, 7) is 0. The van der Waals surface area contributed by atoms with Crippen LogP contribution in [-0.2, 0) is 12.8 Å². The van der Waals surface area contributed by atoms with Crippen molar-refractivity contribution >= 4 is 21.8 Å². The standard InChI is InChI=1S/C15H14BrN3O2/c16-10-4-2-5-11(8-10)21-15-12(14(17)19-20)7-9-3-1-6-13(9)18-15/h2,4-5,7-8,20H,1,3,6H2,(H2,17,19). The summed E-state index contributed by atoms with van der Waals surface area (Å²) in [6, 6.07) is 9.35. The molecule has 1 aromatic heterocycles. The van der Waals surface area contributed by atoms with Crippen LogP contribution >= 0.6 is 15.9 Å². The van der Waals surface area contributed by atoms with Crippen molar-refractivity contribution in [2.75, 3.05) is 0 Å². The van der Waals surface area contributed by atoms with E-state index in [1.165, 1.54) is 0 Å². The summed E-state index contributed by atoms with van der Waals surface area (Å²) in [5.74, 6) is 1.01. The molecular weight excluding hydrogens is 334 g/mol. The number of benzene rings is 1. The van der Waals surface area contributed by atoms with Crippen molar-refractivity contribution in [2.45, 2.75) is 19.3 Å². The van der Waals surface area contributed by atoms with Gasteiger partial charge in [0, 0.05) is 10.2 Å². The summed E-state index contributed by atoms with van der Waals surface area (Å²) in [5.41, 5.74) is 8.42. The maximum Gasteiger partial charge on any atom is 0.230 e. The largest absolute Gasteiger partial charge is 0.438 e. The quantitative estimate of drug-likeness (QED) is 0.386. The Hall–Kier alpha value is -2.08. The fourth-order valence-corrected chi connectivity index (χ4v) is 2.79. The lowest BCUT2D eigenvalue weighted by Gasteiger charge is -2.12. The normalized spacial score (nSPS) is 14.0. The van der Waals surface area contributed by atoms with E-state index in [4.69, 9.17) is 15.7 Å². The van der Waals surface area contributed by atoms with E-state index in [1.807, 2.05) is 30.3 Å². The van der Waals surface area contributed by atoms with Crippen molar-refractivity contribution < 1.29 is 9.94 Å². The van der Waals surface area contributed by atoms with Gasteiger partial charge in [0.05, 0.1) is 5.56 Å². The van der Waals surface area contributed by atoms with Crippen molar-refractivity contribution in [3.63, 3.8) is 0 Å². The zero-order valence-corrected chi connectivity index (χ0v) is 12.8. The van der Waals surface area contributed by atoms with Crippen LogP contribution in [0.25, 0.3) is 0 Å². The molecule has 1 aromatic carbocycles. The van der Waals surface area contributed by atoms with Crippen molar-refractivity contribution in [3.8, 4) is 11.6 Å². The first-order valence-corrected chi connectivity index (χ1v) is 7.41. The Kier molecular flexibility index (Phi) is 3.79. The number of nitrogens with zero attached hydrogens (tertiary/aromatic N) is 2. The molecule has 5 nitrogen and oxygen atoms in total. The van der Waals surface area contributed by atoms with Crippen molar-refractivity contribution in [3.05, 3.63) is 51.6 Å². The predicted molar refractivity (Wildman–Crippen MR) is 83.0 cm³/mol. The van der Waals surface area contributed by atoms with E-state index in [1.54, 1.807) is 0 Å². The van der Waals surface area contributed by atoms with Gasteiger partial charge in [-0.3, -0.25) is 0 Å². The zero-order valence-electron chi connectivity index (χ0n) is 11.2. The van der Waals surface area contributed by atoms with Gasteiger partial charge in [0.15, 0.2) is 5.84 Å². The van der Waals surface area contributed by atoms with Gasteiger partial charge in [0.2, 0.25) is 5.88 Å². The van der Waals surface area contributed by atoms with Crippen LogP contribution in [0.3, 0.4) is 0 Å². The Bertz CT molecular complexity index is 716. The molecular formula is C15H14BrN3O2. The van der Waals surface area contributed by atoms with E-state index in [2.05, 4.69) is 26.1 Å². The highest BCUT2D eigenvalue weighted by atomic mass is 79.9. The first-order chi connectivity index (χ1) is 10.2. The first kappa shape index (κ1) is 13.9. The molecule has 1 heterocycles. The van der Waals surface area contributed by atoms with Crippen LogP contribution in [0.4, 0.5) is 0 Å². The van der Waals surface area contributed by atoms with Gasteiger partial charge in [0.1, 0.15) is 5.75 Å². The second-order valence-electron chi connectivity index (χ2n) is 4.85. The Balaban J connectivity index is 2.04. The second-order valence-corrected chi connectivity index (χ2v) is 5.76. The number of nitrogens with two attached hydrogens (primary N) is 1. The molecule has 0 spiro atoms. The fraction of sp³-hybridized carbons (Fsp3) is 0.200. The van der Waals surface area contributed by atoms with Gasteiger partial charge < -0.3 is 15.7 Å². The summed E-state index contributed by atoms with van der Waals surface area (Å²) in [7, 11) is 0. The molecule has 21 heavy (non-hydrogen) atoms. The highest BCUT2D eigenvalue weighted by Gasteiger charge is 2.20. The van der Waals surface area contributed by atoms with Crippen LogP contribution in [0, 0.1) is 0 Å². The molecule has 6 heteroatoms. The minimum Gasteiger partial charge on any atom is -0.438 e. The van der Waals surface area contributed by atoms with Crippen LogP contribution in [0.15, 0.2) is 40.0 Å². The van der Waals surface area contributed by atoms with Crippen LogP contribution in [-0.4, -0.2) is 16.0 Å². The molecule has 0 radical (unpaired) electrons. The number of fused-ring (bicyclic) bond motifs is 1. The van der Waals surface area contributed by atoms with Crippen LogP contribution < -0.4 is 10.5 Å². The molecule has 2 aromatic rings. The Labute approximate surface area is 130 Å². The Morgan fingerprint density at radius 1 is 1.33 bits per heavy atom. The van der Waals surface area contributed by atoms with Crippen LogP contribution in [0.5, 0.6) is 11.6 Å². The minimum absolute atomic E-state index is 0.00203. The summed E-state index contributed by atoms with van der Waals surface area (Å²) in [6.07, 6.45) is 2.96. The number of amidine groups is 1. The number of hydrogen-bond donors (Lipinski definition) is 2. The van der Waals surface area contributed by atoms with E-state index in [-0.39, 0.29) is 5.84 Å².